The fourth-order valence-electron chi connectivity index (χ4n) is 4.09. The van der Waals surface area contributed by atoms with Crippen LogP contribution in [0.15, 0.2) is 42.6 Å². The zero-order chi connectivity index (χ0) is 26.0. The van der Waals surface area contributed by atoms with Crippen molar-refractivity contribution in [2.45, 2.75) is 70.6 Å². The Morgan fingerprint density at radius 1 is 1.17 bits per heavy atom. The maximum Gasteiger partial charge on any atom is 0.407 e. The number of benzene rings is 1. The number of hydrogen-bond donors (Lipinski definition) is 3. The van der Waals surface area contributed by atoms with Gasteiger partial charge in [0.25, 0.3) is 5.91 Å². The van der Waals surface area contributed by atoms with Crippen LogP contribution in [0.4, 0.5) is 4.79 Å². The van der Waals surface area contributed by atoms with E-state index in [9.17, 15) is 14.7 Å². The number of halogens is 1. The van der Waals surface area contributed by atoms with Crippen molar-refractivity contribution < 1.29 is 24.2 Å². The lowest BCUT2D eigenvalue weighted by molar-refractivity contribution is -0.131. The maximum absolute atomic E-state index is 12.7. The van der Waals surface area contributed by atoms with Crippen molar-refractivity contribution in [1.29, 1.82) is 0 Å². The second-order valence-electron chi connectivity index (χ2n) is 9.36. The number of nitrogens with zero attached hydrogens (tertiary/aromatic N) is 2. The monoisotopic (exact) mass is 518 g/mol. The van der Waals surface area contributed by atoms with E-state index in [0.29, 0.717) is 18.9 Å². The van der Waals surface area contributed by atoms with E-state index in [2.05, 4.69) is 20.6 Å². The van der Waals surface area contributed by atoms with Crippen LogP contribution in [0.3, 0.4) is 0 Å². The molecule has 0 bridgehead atoms. The minimum Gasteiger partial charge on any atom is -0.477 e. The molecule has 1 aliphatic carbocycles. The van der Waals surface area contributed by atoms with Crippen molar-refractivity contribution in [3.05, 3.63) is 53.4 Å². The number of hydrogen-bond acceptors (Lipinski definition) is 7. The average Bonchev–Trinajstić information content (AvgIpc) is 2.85. The molecule has 36 heavy (non-hydrogen) atoms. The molecule has 2 aromatic rings. The molecule has 1 aromatic heterocycles. The van der Waals surface area contributed by atoms with Gasteiger partial charge in [0.2, 0.25) is 11.2 Å². The molecular formula is C26H35ClN4O5. The summed E-state index contributed by atoms with van der Waals surface area (Å²) in [5, 5.41) is 16.4. The number of aliphatic hydroxyl groups excluding tert-OH is 1. The third-order valence-electron chi connectivity index (χ3n) is 6.53. The number of aromatic nitrogens is 2. The number of amides is 2. The van der Waals surface area contributed by atoms with Gasteiger partial charge in [-0.3, -0.25) is 4.79 Å². The van der Waals surface area contributed by atoms with Gasteiger partial charge in [-0.15, -0.1) is 0 Å². The van der Waals surface area contributed by atoms with Crippen LogP contribution in [-0.4, -0.2) is 52.4 Å². The van der Waals surface area contributed by atoms with Crippen molar-refractivity contribution in [3.8, 4) is 5.88 Å². The molecule has 1 fully saturated rings. The molecule has 196 valence electrons. The van der Waals surface area contributed by atoms with Gasteiger partial charge in [0.05, 0.1) is 18.7 Å². The summed E-state index contributed by atoms with van der Waals surface area (Å²) in [6.07, 6.45) is 4.19. The molecule has 9 nitrogen and oxygen atoms in total. The molecule has 1 heterocycles. The SMILES string of the molecule is CCCC[C@H](NC(=O)OCC1(COc2ccnc(Cl)n2)CCC1)C(O)C(=O)N[C@H](C)c1ccccc1. The molecule has 3 atom stereocenters. The standard InChI is InChI=1S/C26H35ClN4O5/c1-3-4-11-20(22(32)23(33)29-18(2)19-9-6-5-7-10-19)30-25(34)36-17-26(13-8-14-26)16-35-21-12-15-28-24(27)31-21/h5-7,9-10,12,15,18,20,22,32H,3-4,8,11,13-14,16-17H2,1-2H3,(H,29,33)(H,30,34)/t18-,20+,22?/m1/s1. The second kappa shape index (κ2) is 13.4. The van der Waals surface area contributed by atoms with Crippen LogP contribution in [0.5, 0.6) is 5.88 Å². The molecule has 3 rings (SSSR count). The third-order valence-corrected chi connectivity index (χ3v) is 6.71. The van der Waals surface area contributed by atoms with Crippen LogP contribution in [0.25, 0.3) is 0 Å². The van der Waals surface area contributed by atoms with Crippen LogP contribution < -0.4 is 15.4 Å². The van der Waals surface area contributed by atoms with E-state index >= 15 is 0 Å². The van der Waals surface area contributed by atoms with E-state index in [0.717, 1.165) is 37.7 Å². The van der Waals surface area contributed by atoms with Crippen LogP contribution in [0.1, 0.15) is 64.0 Å². The topological polar surface area (TPSA) is 123 Å². The Morgan fingerprint density at radius 3 is 2.56 bits per heavy atom. The number of ether oxygens (including phenoxy) is 2. The quantitative estimate of drug-likeness (QED) is 0.339. The van der Waals surface area contributed by atoms with Gasteiger partial charge in [0.1, 0.15) is 6.61 Å². The highest BCUT2D eigenvalue weighted by Crippen LogP contribution is 2.41. The summed E-state index contributed by atoms with van der Waals surface area (Å²) in [6.45, 7) is 4.34. The van der Waals surface area contributed by atoms with Gasteiger partial charge in [-0.25, -0.2) is 9.78 Å². The summed E-state index contributed by atoms with van der Waals surface area (Å²) < 4.78 is 11.3. The minimum atomic E-state index is -1.40. The van der Waals surface area contributed by atoms with E-state index in [1.165, 1.54) is 6.20 Å². The van der Waals surface area contributed by atoms with Crippen LogP contribution in [0.2, 0.25) is 5.28 Å². The lowest BCUT2D eigenvalue weighted by Gasteiger charge is -2.40. The predicted octanol–water partition coefficient (Wildman–Crippen LogP) is 4.20. The van der Waals surface area contributed by atoms with Gasteiger partial charge in [-0.1, -0.05) is 56.5 Å². The van der Waals surface area contributed by atoms with E-state index in [4.69, 9.17) is 21.1 Å². The molecule has 2 amide bonds. The first kappa shape index (κ1) is 27.7. The predicted molar refractivity (Wildman–Crippen MR) is 136 cm³/mol. The normalized spacial score (nSPS) is 16.7. The highest BCUT2D eigenvalue weighted by molar-refractivity contribution is 6.28. The highest BCUT2D eigenvalue weighted by atomic mass is 35.5. The summed E-state index contributed by atoms with van der Waals surface area (Å²) >= 11 is 5.81. The highest BCUT2D eigenvalue weighted by Gasteiger charge is 2.40. The van der Waals surface area contributed by atoms with Crippen molar-refractivity contribution in [3.63, 3.8) is 0 Å². The summed E-state index contributed by atoms with van der Waals surface area (Å²) in [7, 11) is 0. The minimum absolute atomic E-state index is 0.102. The fraction of sp³-hybridized carbons (Fsp3) is 0.538. The first-order chi connectivity index (χ1) is 17.3. The van der Waals surface area contributed by atoms with Gasteiger partial charge in [0, 0.05) is 17.7 Å². The molecule has 0 saturated heterocycles. The van der Waals surface area contributed by atoms with E-state index in [1.54, 1.807) is 6.07 Å². The van der Waals surface area contributed by atoms with Crippen molar-refractivity contribution in [2.24, 2.45) is 5.41 Å². The Labute approximate surface area is 217 Å². The van der Waals surface area contributed by atoms with Gasteiger partial charge >= 0.3 is 6.09 Å². The van der Waals surface area contributed by atoms with Crippen molar-refractivity contribution in [1.82, 2.24) is 20.6 Å². The Kier molecular flexibility index (Phi) is 10.3. The van der Waals surface area contributed by atoms with Gasteiger partial charge in [-0.05, 0) is 43.4 Å². The molecule has 1 saturated carbocycles. The molecule has 0 aliphatic heterocycles. The number of rotatable bonds is 13. The number of carbonyl (C=O) groups excluding carboxylic acids is 2. The number of nitrogens with one attached hydrogen (secondary N) is 2. The van der Waals surface area contributed by atoms with Crippen molar-refractivity contribution in [2.75, 3.05) is 13.2 Å². The van der Waals surface area contributed by atoms with Crippen LogP contribution in [0, 0.1) is 5.41 Å². The third kappa shape index (κ3) is 8.06. The summed E-state index contributed by atoms with van der Waals surface area (Å²) in [4.78, 5) is 33.2. The molecule has 1 unspecified atom stereocenters. The smallest absolute Gasteiger partial charge is 0.407 e. The number of carbonyl (C=O) groups is 2. The lowest BCUT2D eigenvalue weighted by atomic mass is 9.70. The average molecular weight is 519 g/mol. The number of alkyl carbamates (subject to hydrolysis) is 1. The Hall–Kier alpha value is -2.91. The molecule has 0 radical (unpaired) electrons. The zero-order valence-corrected chi connectivity index (χ0v) is 21.5. The number of unbranched alkanes of at least 4 members (excludes halogenated alkanes) is 1. The van der Waals surface area contributed by atoms with Gasteiger partial charge in [-0.2, -0.15) is 4.98 Å². The van der Waals surface area contributed by atoms with Crippen LogP contribution in [-0.2, 0) is 9.53 Å². The summed E-state index contributed by atoms with van der Waals surface area (Å²) in [6, 6.07) is 10.1. The van der Waals surface area contributed by atoms with E-state index in [1.807, 2.05) is 44.2 Å². The maximum atomic E-state index is 12.7. The Balaban J connectivity index is 1.52. The number of aliphatic hydroxyl groups is 1. The zero-order valence-electron chi connectivity index (χ0n) is 20.8. The molecule has 0 spiro atoms. The van der Waals surface area contributed by atoms with Gasteiger partial charge < -0.3 is 25.2 Å². The summed E-state index contributed by atoms with van der Waals surface area (Å²) in [5.74, 6) is -0.177. The van der Waals surface area contributed by atoms with E-state index < -0.39 is 24.1 Å². The second-order valence-corrected chi connectivity index (χ2v) is 9.70. The van der Waals surface area contributed by atoms with Gasteiger partial charge in [0.15, 0.2) is 6.10 Å². The molecule has 10 heteroatoms. The Morgan fingerprint density at radius 2 is 1.92 bits per heavy atom. The largest absolute Gasteiger partial charge is 0.477 e. The first-order valence-corrected chi connectivity index (χ1v) is 12.8. The Bertz CT molecular complexity index is 989. The van der Waals surface area contributed by atoms with E-state index in [-0.39, 0.29) is 23.3 Å². The summed E-state index contributed by atoms with van der Waals surface area (Å²) in [5.41, 5.74) is 0.613. The molecular weight excluding hydrogens is 484 g/mol. The lowest BCUT2D eigenvalue weighted by Crippen LogP contribution is -2.51. The fourth-order valence-corrected chi connectivity index (χ4v) is 4.23. The molecule has 1 aliphatic rings. The molecule has 1 aromatic carbocycles. The first-order valence-electron chi connectivity index (χ1n) is 12.4. The molecule has 3 N–H and O–H groups in total. The van der Waals surface area contributed by atoms with Crippen LogP contribution >= 0.6 is 11.6 Å². The van der Waals surface area contributed by atoms with Crippen molar-refractivity contribution >= 4 is 23.6 Å².